The number of Topliss-reactive ketones (excluding diaryl/α,β-unsaturated/α-hetero) is 2. The smallest absolute Gasteiger partial charge is 0.162 e. The molecule has 0 radical (unpaired) electrons. The first-order valence-corrected chi connectivity index (χ1v) is 11.5. The van der Waals surface area contributed by atoms with E-state index in [0.29, 0.717) is 19.4 Å². The van der Waals surface area contributed by atoms with Gasteiger partial charge >= 0.3 is 0 Å². The van der Waals surface area contributed by atoms with Gasteiger partial charge in [0.1, 0.15) is 5.75 Å². The predicted octanol–water partition coefficient (Wildman–Crippen LogP) is 5.79. The number of carbonyl (C=O) groups excluding carboxylic acids is 2. The van der Waals surface area contributed by atoms with Crippen LogP contribution in [0.4, 0.5) is 0 Å². The number of hydrogen-bond donors (Lipinski definition) is 0. The highest BCUT2D eigenvalue weighted by Crippen LogP contribution is 2.53. The molecule has 0 aromatic heterocycles. The first-order chi connectivity index (χ1) is 14.5. The molecule has 31 heavy (non-hydrogen) atoms. The van der Waals surface area contributed by atoms with E-state index in [-0.39, 0.29) is 28.3 Å². The Balaban J connectivity index is 1.86. The minimum absolute atomic E-state index is 0.0706. The fourth-order valence-corrected chi connectivity index (χ4v) is 5.47. The summed E-state index contributed by atoms with van der Waals surface area (Å²) in [7, 11) is 2.05. The highest BCUT2D eigenvalue weighted by molar-refractivity contribution is 6.06. The van der Waals surface area contributed by atoms with Crippen molar-refractivity contribution in [2.75, 3.05) is 13.7 Å². The normalized spacial score (nSPS) is 23.1. The summed E-state index contributed by atoms with van der Waals surface area (Å²) in [4.78, 5) is 29.1. The Kier molecular flexibility index (Phi) is 5.39. The molecule has 3 aliphatic rings. The molecule has 1 aromatic rings. The number of ether oxygens (including phenoxy) is 1. The number of allylic oxidation sites excluding steroid dienone is 4. The van der Waals surface area contributed by atoms with Crippen LogP contribution in [0.25, 0.3) is 0 Å². The molecule has 1 aliphatic heterocycles. The zero-order valence-electron chi connectivity index (χ0n) is 19.8. The third kappa shape index (κ3) is 3.97. The van der Waals surface area contributed by atoms with Crippen molar-refractivity contribution in [1.29, 1.82) is 0 Å². The van der Waals surface area contributed by atoms with E-state index in [0.717, 1.165) is 53.1 Å². The minimum atomic E-state index is -0.270. The summed E-state index contributed by atoms with van der Waals surface area (Å²) >= 11 is 0. The summed E-state index contributed by atoms with van der Waals surface area (Å²) in [5.74, 6) is 0.917. The standard InChI is InChI=1S/C27H35NO3/c1-7-12-31-18-10-8-17(9-11-18)23-24-19(13-26(2,3)15-21(24)29)28(6)20-14-27(4,5)16-22(30)25(20)23/h8-11,23H,7,12-16H2,1-6H3. The first kappa shape index (κ1) is 21.9. The van der Waals surface area contributed by atoms with E-state index >= 15 is 0 Å². The quantitative estimate of drug-likeness (QED) is 0.617. The second kappa shape index (κ2) is 7.65. The van der Waals surface area contributed by atoms with Crippen LogP contribution in [-0.2, 0) is 9.59 Å². The highest BCUT2D eigenvalue weighted by Gasteiger charge is 2.48. The van der Waals surface area contributed by atoms with E-state index < -0.39 is 0 Å². The van der Waals surface area contributed by atoms with Crippen LogP contribution in [0.1, 0.15) is 78.2 Å². The second-order valence-corrected chi connectivity index (χ2v) is 11.0. The molecule has 0 spiro atoms. The van der Waals surface area contributed by atoms with E-state index in [1.54, 1.807) is 0 Å². The Bertz CT molecular complexity index is 924. The fraction of sp³-hybridized carbons (Fsp3) is 0.556. The summed E-state index contributed by atoms with van der Waals surface area (Å²) in [5, 5.41) is 0. The van der Waals surface area contributed by atoms with Crippen molar-refractivity contribution in [3.05, 3.63) is 52.4 Å². The minimum Gasteiger partial charge on any atom is -0.494 e. The van der Waals surface area contributed by atoms with Gasteiger partial charge in [-0.3, -0.25) is 9.59 Å². The van der Waals surface area contributed by atoms with Crippen LogP contribution in [0.3, 0.4) is 0 Å². The van der Waals surface area contributed by atoms with Crippen molar-refractivity contribution in [2.45, 2.75) is 72.6 Å². The van der Waals surface area contributed by atoms with Gasteiger partial charge in [0, 0.05) is 48.3 Å². The van der Waals surface area contributed by atoms with Gasteiger partial charge in [-0.25, -0.2) is 0 Å². The molecule has 0 fully saturated rings. The van der Waals surface area contributed by atoms with Crippen molar-refractivity contribution in [2.24, 2.45) is 10.8 Å². The third-order valence-corrected chi connectivity index (χ3v) is 6.87. The predicted molar refractivity (Wildman–Crippen MR) is 123 cm³/mol. The van der Waals surface area contributed by atoms with Gasteiger partial charge in [-0.2, -0.15) is 0 Å². The zero-order chi connectivity index (χ0) is 22.6. The van der Waals surface area contributed by atoms with Gasteiger partial charge in [0.2, 0.25) is 0 Å². The lowest BCUT2D eigenvalue weighted by Crippen LogP contribution is -2.43. The largest absolute Gasteiger partial charge is 0.494 e. The molecule has 0 saturated carbocycles. The molecule has 4 heteroatoms. The molecule has 4 rings (SSSR count). The summed E-state index contributed by atoms with van der Waals surface area (Å²) in [6.45, 7) is 11.4. The molecule has 1 aromatic carbocycles. The first-order valence-electron chi connectivity index (χ1n) is 11.5. The zero-order valence-corrected chi connectivity index (χ0v) is 19.8. The van der Waals surface area contributed by atoms with Crippen molar-refractivity contribution in [3.8, 4) is 5.75 Å². The van der Waals surface area contributed by atoms with Gasteiger partial charge in [0.15, 0.2) is 11.6 Å². The van der Waals surface area contributed by atoms with E-state index in [1.807, 2.05) is 31.3 Å². The molecule has 1 heterocycles. The second-order valence-electron chi connectivity index (χ2n) is 11.0. The maximum absolute atomic E-state index is 13.4. The Labute approximate surface area is 186 Å². The molecule has 166 valence electrons. The average Bonchev–Trinajstić information content (AvgIpc) is 2.67. The van der Waals surface area contributed by atoms with Gasteiger partial charge < -0.3 is 9.64 Å². The number of carbonyl (C=O) groups is 2. The van der Waals surface area contributed by atoms with Gasteiger partial charge in [-0.05, 0) is 47.8 Å². The molecule has 0 atom stereocenters. The molecular weight excluding hydrogens is 386 g/mol. The summed E-state index contributed by atoms with van der Waals surface area (Å²) in [6.07, 6.45) is 3.71. The number of nitrogens with zero attached hydrogens (tertiary/aromatic N) is 1. The van der Waals surface area contributed by atoms with Crippen LogP contribution in [-0.4, -0.2) is 30.1 Å². The monoisotopic (exact) mass is 421 g/mol. The van der Waals surface area contributed by atoms with Gasteiger partial charge in [-0.15, -0.1) is 0 Å². The maximum atomic E-state index is 13.4. The fourth-order valence-electron chi connectivity index (χ4n) is 5.47. The van der Waals surface area contributed by atoms with E-state index in [2.05, 4.69) is 39.5 Å². The van der Waals surface area contributed by atoms with Crippen molar-refractivity contribution >= 4 is 11.6 Å². The Morgan fingerprint density at radius 2 is 1.35 bits per heavy atom. The SMILES string of the molecule is CCCOc1ccc(C2C3=C(CC(C)(C)CC3=O)N(C)C3=C2C(=O)CC(C)(C)C3)cc1. The summed E-state index contributed by atoms with van der Waals surface area (Å²) < 4.78 is 5.76. The topological polar surface area (TPSA) is 46.6 Å². The molecule has 0 unspecified atom stereocenters. The maximum Gasteiger partial charge on any atom is 0.162 e. The molecule has 0 N–H and O–H groups in total. The Hall–Kier alpha value is -2.36. The van der Waals surface area contributed by atoms with Crippen LogP contribution in [0, 0.1) is 10.8 Å². The molecule has 4 nitrogen and oxygen atoms in total. The number of ketones is 2. The van der Waals surface area contributed by atoms with Gasteiger partial charge in [0.25, 0.3) is 0 Å². The van der Waals surface area contributed by atoms with Gasteiger partial charge in [-0.1, -0.05) is 46.8 Å². The third-order valence-electron chi connectivity index (χ3n) is 6.87. The van der Waals surface area contributed by atoms with E-state index in [4.69, 9.17) is 4.74 Å². The Morgan fingerprint density at radius 3 is 1.81 bits per heavy atom. The number of rotatable bonds is 4. The van der Waals surface area contributed by atoms with E-state index in [9.17, 15) is 9.59 Å². The molecule has 0 amide bonds. The summed E-state index contributed by atoms with van der Waals surface area (Å²) in [5.41, 5.74) is 4.73. The van der Waals surface area contributed by atoms with Gasteiger partial charge in [0.05, 0.1) is 6.61 Å². The molecule has 0 bridgehead atoms. The Morgan fingerprint density at radius 1 is 0.871 bits per heavy atom. The highest BCUT2D eigenvalue weighted by atomic mass is 16.5. The molecule has 0 saturated heterocycles. The lowest BCUT2D eigenvalue weighted by Gasteiger charge is -2.47. The van der Waals surface area contributed by atoms with Crippen molar-refractivity contribution in [3.63, 3.8) is 0 Å². The van der Waals surface area contributed by atoms with Crippen molar-refractivity contribution < 1.29 is 14.3 Å². The average molecular weight is 422 g/mol. The van der Waals surface area contributed by atoms with Crippen LogP contribution >= 0.6 is 0 Å². The van der Waals surface area contributed by atoms with Crippen molar-refractivity contribution in [1.82, 2.24) is 4.90 Å². The summed E-state index contributed by atoms with van der Waals surface area (Å²) in [6, 6.07) is 8.02. The molecular formula is C27H35NO3. The number of benzene rings is 1. The van der Waals surface area contributed by atoms with E-state index in [1.165, 1.54) is 0 Å². The van der Waals surface area contributed by atoms with Crippen LogP contribution in [0.2, 0.25) is 0 Å². The van der Waals surface area contributed by atoms with Crippen LogP contribution in [0.15, 0.2) is 46.8 Å². The van der Waals surface area contributed by atoms with Crippen LogP contribution in [0.5, 0.6) is 5.75 Å². The lowest BCUT2D eigenvalue weighted by atomic mass is 9.64. The lowest BCUT2D eigenvalue weighted by molar-refractivity contribution is -0.119. The number of hydrogen-bond acceptors (Lipinski definition) is 4. The van der Waals surface area contributed by atoms with Crippen LogP contribution < -0.4 is 4.74 Å². The molecule has 2 aliphatic carbocycles.